The van der Waals surface area contributed by atoms with Gasteiger partial charge in [0, 0.05) is 12.2 Å². The van der Waals surface area contributed by atoms with E-state index in [4.69, 9.17) is 14.1 Å². The zero-order valence-electron chi connectivity index (χ0n) is 24.2. The highest BCUT2D eigenvalue weighted by atomic mass is 32.2. The topological polar surface area (TPSA) is 128 Å². The Bertz CT molecular complexity index is 1750. The van der Waals surface area contributed by atoms with Gasteiger partial charge in [-0.25, -0.2) is 9.79 Å². The van der Waals surface area contributed by atoms with Crippen molar-refractivity contribution < 1.29 is 23.5 Å². The Morgan fingerprint density at radius 1 is 1.04 bits per heavy atom. The van der Waals surface area contributed by atoms with Crippen LogP contribution in [0.4, 0.5) is 16.2 Å². The van der Waals surface area contributed by atoms with Crippen LogP contribution in [0.2, 0.25) is 0 Å². The van der Waals surface area contributed by atoms with E-state index < -0.39 is 17.4 Å². The van der Waals surface area contributed by atoms with Crippen molar-refractivity contribution in [3.63, 3.8) is 0 Å². The van der Waals surface area contributed by atoms with E-state index in [0.29, 0.717) is 47.3 Å². The van der Waals surface area contributed by atoms with Gasteiger partial charge in [-0.05, 0) is 66.4 Å². The third kappa shape index (κ3) is 6.92. The summed E-state index contributed by atoms with van der Waals surface area (Å²) < 4.78 is 11.0. The third-order valence-corrected chi connectivity index (χ3v) is 8.75. The molecule has 2 atom stereocenters. The number of carbonyl (C=O) groups excluding carboxylic acids is 3. The lowest BCUT2D eigenvalue weighted by Crippen LogP contribution is -2.43. The number of hydrogen-bond donors (Lipinski definition) is 1. The Balaban J connectivity index is 1.13. The molecule has 2 fully saturated rings. The second-order valence-electron chi connectivity index (χ2n) is 10.6. The van der Waals surface area contributed by atoms with E-state index in [1.54, 1.807) is 71.8 Å². The molecule has 2 aliphatic heterocycles. The van der Waals surface area contributed by atoms with Gasteiger partial charge in [0.1, 0.15) is 23.7 Å². The molecule has 1 aromatic heterocycles. The van der Waals surface area contributed by atoms with Crippen LogP contribution in [0.25, 0.3) is 0 Å². The number of furan rings is 1. The van der Waals surface area contributed by atoms with Crippen LogP contribution in [-0.4, -0.2) is 45.5 Å². The third-order valence-electron chi connectivity index (χ3n) is 7.51. The van der Waals surface area contributed by atoms with Crippen LogP contribution in [0.3, 0.4) is 0 Å². The highest BCUT2D eigenvalue weighted by molar-refractivity contribution is 8.15. The number of aliphatic imine (C=N–C) groups is 1. The number of rotatable bonds is 8. The molecular formula is C34H29N5O5S. The van der Waals surface area contributed by atoms with E-state index in [9.17, 15) is 19.6 Å². The molecule has 226 valence electrons. The Morgan fingerprint density at radius 2 is 1.87 bits per heavy atom. The van der Waals surface area contributed by atoms with E-state index in [1.165, 1.54) is 16.7 Å². The first-order valence-corrected chi connectivity index (χ1v) is 15.3. The summed E-state index contributed by atoms with van der Waals surface area (Å²) in [6.45, 7) is 0.804. The summed E-state index contributed by atoms with van der Waals surface area (Å²) in [6, 6.07) is 28.4. The molecule has 0 spiro atoms. The molecule has 2 aliphatic rings. The van der Waals surface area contributed by atoms with Crippen molar-refractivity contribution in [3.05, 3.63) is 120 Å². The summed E-state index contributed by atoms with van der Waals surface area (Å²) >= 11 is 1.31. The van der Waals surface area contributed by atoms with Gasteiger partial charge in [0.2, 0.25) is 11.8 Å². The van der Waals surface area contributed by atoms with Crippen LogP contribution >= 0.6 is 11.8 Å². The molecule has 45 heavy (non-hydrogen) atoms. The molecule has 11 heteroatoms. The molecule has 0 radical (unpaired) electrons. The Kier molecular flexibility index (Phi) is 8.94. The quantitative estimate of drug-likeness (QED) is 0.242. The summed E-state index contributed by atoms with van der Waals surface area (Å²) in [5, 5.41) is 12.1. The fourth-order valence-corrected chi connectivity index (χ4v) is 6.41. The van der Waals surface area contributed by atoms with E-state index in [0.717, 1.165) is 11.1 Å². The van der Waals surface area contributed by atoms with Crippen LogP contribution in [0.15, 0.2) is 107 Å². The molecule has 4 aromatic rings. The largest absolute Gasteiger partial charge is 0.467 e. The predicted octanol–water partition coefficient (Wildman–Crippen LogP) is 6.40. The van der Waals surface area contributed by atoms with Gasteiger partial charge < -0.3 is 14.5 Å². The number of amides is 3. The zero-order valence-corrected chi connectivity index (χ0v) is 25.0. The van der Waals surface area contributed by atoms with Crippen LogP contribution in [0, 0.1) is 11.3 Å². The van der Waals surface area contributed by atoms with Crippen molar-refractivity contribution >= 4 is 46.2 Å². The lowest BCUT2D eigenvalue weighted by molar-refractivity contribution is -0.126. The van der Waals surface area contributed by atoms with Crippen molar-refractivity contribution in [1.82, 2.24) is 9.80 Å². The molecule has 0 aliphatic carbocycles. The van der Waals surface area contributed by atoms with E-state index >= 15 is 0 Å². The number of nitrogens with zero attached hydrogens (tertiary/aromatic N) is 4. The highest BCUT2D eigenvalue weighted by Gasteiger charge is 2.40. The minimum absolute atomic E-state index is 0.140. The Labute approximate surface area is 264 Å². The van der Waals surface area contributed by atoms with Gasteiger partial charge in [0.15, 0.2) is 5.17 Å². The first kappa shape index (κ1) is 29.7. The summed E-state index contributed by atoms with van der Waals surface area (Å²) in [4.78, 5) is 47.3. The minimum Gasteiger partial charge on any atom is -0.467 e. The standard InChI is InChI=1S/C34H29N5O5S/c35-20-24-9-4-10-27(19-24)37-33-39(21-28-11-6-18-43-28)32(41)30(45-33)25-13-15-26(16-14-25)36-31(40)29-12-5-17-38(29)34(42)44-22-23-7-2-1-3-8-23/h1-4,6-11,13-16,18-19,29-30H,5,12,17,21-22H2,(H,36,40)/t29-,30?/m1/s1. The van der Waals surface area contributed by atoms with Crippen molar-refractivity contribution in [2.75, 3.05) is 11.9 Å². The summed E-state index contributed by atoms with van der Waals surface area (Å²) in [6.07, 6.45) is 2.29. The van der Waals surface area contributed by atoms with Gasteiger partial charge in [-0.2, -0.15) is 5.26 Å². The van der Waals surface area contributed by atoms with E-state index in [-0.39, 0.29) is 25.0 Å². The number of likely N-dealkylation sites (tertiary alicyclic amines) is 1. The Morgan fingerprint density at radius 3 is 2.62 bits per heavy atom. The van der Waals surface area contributed by atoms with Crippen LogP contribution < -0.4 is 5.32 Å². The number of anilines is 1. The van der Waals surface area contributed by atoms with Crippen molar-refractivity contribution in [2.24, 2.45) is 4.99 Å². The molecule has 3 heterocycles. The second kappa shape index (κ2) is 13.5. The smallest absolute Gasteiger partial charge is 0.410 e. The van der Waals surface area contributed by atoms with Crippen LogP contribution in [0.1, 0.15) is 40.5 Å². The molecule has 1 N–H and O–H groups in total. The van der Waals surface area contributed by atoms with Gasteiger partial charge in [0.05, 0.1) is 30.1 Å². The van der Waals surface area contributed by atoms with Gasteiger partial charge >= 0.3 is 6.09 Å². The normalized spacial score (nSPS) is 18.6. The molecule has 6 rings (SSSR count). The number of ether oxygens (including phenoxy) is 1. The van der Waals surface area contributed by atoms with Crippen molar-refractivity contribution in [1.29, 1.82) is 5.26 Å². The molecule has 0 saturated carbocycles. The van der Waals surface area contributed by atoms with E-state index in [2.05, 4.69) is 11.4 Å². The van der Waals surface area contributed by atoms with E-state index in [1.807, 2.05) is 30.3 Å². The summed E-state index contributed by atoms with van der Waals surface area (Å²) in [5.41, 5.74) is 3.22. The van der Waals surface area contributed by atoms with Crippen LogP contribution in [0.5, 0.6) is 0 Å². The predicted molar refractivity (Wildman–Crippen MR) is 169 cm³/mol. The number of benzene rings is 3. The first-order chi connectivity index (χ1) is 22.0. The summed E-state index contributed by atoms with van der Waals surface area (Å²) in [5.74, 6) is 0.173. The fourth-order valence-electron chi connectivity index (χ4n) is 5.24. The number of nitrogens with one attached hydrogen (secondary N) is 1. The number of nitriles is 1. The fraction of sp³-hybridized carbons (Fsp3) is 0.206. The number of thioether (sulfide) groups is 1. The average molecular weight is 620 g/mol. The molecule has 2 saturated heterocycles. The monoisotopic (exact) mass is 619 g/mol. The lowest BCUT2D eigenvalue weighted by Gasteiger charge is -2.23. The van der Waals surface area contributed by atoms with Crippen molar-refractivity contribution in [3.8, 4) is 6.07 Å². The van der Waals surface area contributed by atoms with Gasteiger partial charge in [-0.3, -0.25) is 19.4 Å². The molecule has 1 unspecified atom stereocenters. The SMILES string of the molecule is N#Cc1cccc(N=C2SC(c3ccc(NC(=O)[C@H]4CCCN4C(=O)OCc4ccccc4)cc3)C(=O)N2Cc2ccco2)c1. The van der Waals surface area contributed by atoms with Crippen molar-refractivity contribution in [2.45, 2.75) is 37.3 Å². The molecule has 10 nitrogen and oxygen atoms in total. The molecule has 3 aromatic carbocycles. The maximum atomic E-state index is 13.6. The second-order valence-corrected chi connectivity index (χ2v) is 11.6. The maximum absolute atomic E-state index is 13.6. The minimum atomic E-state index is -0.631. The van der Waals surface area contributed by atoms with Gasteiger partial charge in [-0.1, -0.05) is 60.3 Å². The van der Waals surface area contributed by atoms with Gasteiger partial charge in [-0.15, -0.1) is 0 Å². The summed E-state index contributed by atoms with van der Waals surface area (Å²) in [7, 11) is 0. The highest BCUT2D eigenvalue weighted by Crippen LogP contribution is 2.41. The number of carbonyl (C=O) groups is 3. The number of hydrogen-bond acceptors (Lipinski definition) is 8. The maximum Gasteiger partial charge on any atom is 0.410 e. The van der Waals surface area contributed by atoms with Gasteiger partial charge in [0.25, 0.3) is 0 Å². The average Bonchev–Trinajstić information content (AvgIpc) is 3.83. The molecular weight excluding hydrogens is 590 g/mol. The van der Waals surface area contributed by atoms with Crippen LogP contribution in [-0.2, 0) is 27.5 Å². The zero-order chi connectivity index (χ0) is 31.2. The molecule has 3 amide bonds. The Hall–Kier alpha value is -5.34. The lowest BCUT2D eigenvalue weighted by atomic mass is 10.1. The number of amidine groups is 1. The molecule has 0 bridgehead atoms. The first-order valence-electron chi connectivity index (χ1n) is 14.5.